The molecule has 0 aromatic heterocycles. The molecule has 0 aromatic rings. The van der Waals surface area contributed by atoms with Gasteiger partial charge in [0.2, 0.25) is 0 Å². The Balaban J connectivity index is 2.17. The Hall–Kier alpha value is -3.82. The summed E-state index contributed by atoms with van der Waals surface area (Å²) in [4.78, 5) is 76.5. The lowest BCUT2D eigenvalue weighted by atomic mass is 9.51. The van der Waals surface area contributed by atoms with Gasteiger partial charge in [0.1, 0.15) is 17.8 Å². The van der Waals surface area contributed by atoms with E-state index in [0.29, 0.717) is 5.57 Å². The Morgan fingerprint density at radius 3 is 1.89 bits per heavy atom. The van der Waals surface area contributed by atoms with Crippen LogP contribution in [-0.4, -0.2) is 109 Å². The number of esters is 6. The van der Waals surface area contributed by atoms with Crippen molar-refractivity contribution in [3.63, 3.8) is 0 Å². The Morgan fingerprint density at radius 1 is 0.870 bits per heavy atom. The van der Waals surface area contributed by atoms with Crippen LogP contribution in [0.15, 0.2) is 23.8 Å². The van der Waals surface area contributed by atoms with Crippen LogP contribution in [-0.2, 0) is 66.7 Å². The summed E-state index contributed by atoms with van der Waals surface area (Å²) in [6.07, 6.45) is -4.71. The molecule has 1 spiro atoms. The maximum atomic E-state index is 13.2. The third-order valence-electron chi connectivity index (χ3n) is 9.12. The van der Waals surface area contributed by atoms with E-state index in [4.69, 9.17) is 37.9 Å². The van der Waals surface area contributed by atoms with E-state index >= 15 is 0 Å². The largest absolute Gasteiger partial charge is 0.459 e. The zero-order valence-corrected chi connectivity index (χ0v) is 26.9. The van der Waals surface area contributed by atoms with Gasteiger partial charge in [-0.15, -0.1) is 0 Å². The third-order valence-corrected chi connectivity index (χ3v) is 9.12. The summed E-state index contributed by atoms with van der Waals surface area (Å²) in [5.41, 5.74) is -5.45. The normalized spacial score (nSPS) is 39.5. The molecule has 1 N–H and O–H groups in total. The van der Waals surface area contributed by atoms with Gasteiger partial charge in [-0.3, -0.25) is 28.8 Å². The lowest BCUT2D eigenvalue weighted by Crippen LogP contribution is -2.76. The number of hydrogen-bond donors (Lipinski definition) is 1. The first kappa shape index (κ1) is 35.0. The molecule has 0 bridgehead atoms. The minimum Gasteiger partial charge on any atom is -0.459 e. The number of carbonyl (C=O) groups excluding carboxylic acids is 6. The molecule has 2 aliphatic carbocycles. The van der Waals surface area contributed by atoms with Crippen molar-refractivity contribution in [1.29, 1.82) is 0 Å². The molecule has 4 rings (SSSR count). The summed E-state index contributed by atoms with van der Waals surface area (Å²) in [6.45, 7) is 8.20. The zero-order valence-electron chi connectivity index (χ0n) is 26.9. The van der Waals surface area contributed by atoms with Crippen LogP contribution in [0.2, 0.25) is 0 Å². The number of methoxy groups -OCH3 is 1. The molecule has 4 aliphatic rings. The highest BCUT2D eigenvalue weighted by molar-refractivity contribution is 5.78. The number of hydrogen-bond acceptors (Lipinski definition) is 15. The third kappa shape index (κ3) is 6.02. The Labute approximate surface area is 265 Å². The molecule has 15 heteroatoms. The average molecular weight is 653 g/mol. The van der Waals surface area contributed by atoms with Crippen LogP contribution in [0.3, 0.4) is 0 Å². The zero-order chi connectivity index (χ0) is 34.4. The minimum absolute atomic E-state index is 0.0504. The quantitative estimate of drug-likeness (QED) is 0.226. The molecule has 254 valence electrons. The summed E-state index contributed by atoms with van der Waals surface area (Å²) in [6, 6.07) is 0. The number of rotatable bonds is 7. The molecular formula is C31H40O15. The Kier molecular flexibility index (Phi) is 9.72. The predicted octanol–water partition coefficient (Wildman–Crippen LogP) is 0.485. The summed E-state index contributed by atoms with van der Waals surface area (Å²) in [7, 11) is 1.41. The number of epoxide rings is 1. The maximum absolute atomic E-state index is 13.2. The number of fused-ring (bicyclic) bond motifs is 3. The fourth-order valence-electron chi connectivity index (χ4n) is 7.27. The van der Waals surface area contributed by atoms with Crippen LogP contribution in [0.25, 0.3) is 0 Å². The van der Waals surface area contributed by atoms with Crippen LogP contribution >= 0.6 is 0 Å². The summed E-state index contributed by atoms with van der Waals surface area (Å²) < 4.78 is 46.1. The Morgan fingerprint density at radius 2 is 1.39 bits per heavy atom. The second kappa shape index (κ2) is 12.8. The molecule has 46 heavy (non-hydrogen) atoms. The molecule has 0 aromatic carbocycles. The highest BCUT2D eigenvalue weighted by atomic mass is 16.7. The van der Waals surface area contributed by atoms with Gasteiger partial charge in [0.05, 0.1) is 24.5 Å². The van der Waals surface area contributed by atoms with Gasteiger partial charge in [0.25, 0.3) is 0 Å². The smallest absolute Gasteiger partial charge is 0.312 e. The molecule has 2 aliphatic heterocycles. The van der Waals surface area contributed by atoms with E-state index < -0.39 is 101 Å². The van der Waals surface area contributed by atoms with Crippen LogP contribution in [0.1, 0.15) is 48.5 Å². The monoisotopic (exact) mass is 652 g/mol. The highest BCUT2D eigenvalue weighted by Gasteiger charge is 2.81. The molecule has 2 heterocycles. The van der Waals surface area contributed by atoms with E-state index in [1.54, 1.807) is 0 Å². The van der Waals surface area contributed by atoms with Crippen molar-refractivity contribution < 1.29 is 71.8 Å². The second-order valence-electron chi connectivity index (χ2n) is 12.3. The molecule has 3 fully saturated rings. The summed E-state index contributed by atoms with van der Waals surface area (Å²) >= 11 is 0. The summed E-state index contributed by atoms with van der Waals surface area (Å²) in [5.74, 6) is -7.67. The molecule has 2 saturated heterocycles. The SMILES string of the molecule is COCC1=C[C@@H]2OC(=O)[C@H](C)[C@]2(O)[C@@H](OC(C)=O)[C@@H]2[C@@]3(CO3)[C@H](OC(C)=O)[C@H](OC(C)=O)[C@H](OC(C)=O)[C@]2(C)[C@@H](OC(C)=O)C=C1. The highest BCUT2D eigenvalue weighted by Crippen LogP contribution is 2.63. The van der Waals surface area contributed by atoms with Crippen LogP contribution < -0.4 is 0 Å². The van der Waals surface area contributed by atoms with Crippen molar-refractivity contribution in [3.05, 3.63) is 23.8 Å². The van der Waals surface area contributed by atoms with E-state index in [1.165, 1.54) is 39.2 Å². The molecule has 1 saturated carbocycles. The van der Waals surface area contributed by atoms with Gasteiger partial charge in [-0.2, -0.15) is 0 Å². The van der Waals surface area contributed by atoms with E-state index in [-0.39, 0.29) is 13.2 Å². The van der Waals surface area contributed by atoms with Crippen molar-refractivity contribution in [2.75, 3.05) is 20.3 Å². The van der Waals surface area contributed by atoms with Crippen molar-refractivity contribution in [2.24, 2.45) is 17.3 Å². The van der Waals surface area contributed by atoms with Crippen molar-refractivity contribution >= 4 is 35.8 Å². The van der Waals surface area contributed by atoms with E-state index in [2.05, 4.69) is 0 Å². The first-order chi connectivity index (χ1) is 21.4. The lowest BCUT2D eigenvalue weighted by Gasteiger charge is -2.59. The molecule has 0 amide bonds. The van der Waals surface area contributed by atoms with Gasteiger partial charge >= 0.3 is 35.8 Å². The molecule has 11 atom stereocenters. The van der Waals surface area contributed by atoms with Crippen LogP contribution in [0, 0.1) is 17.3 Å². The molecular weight excluding hydrogens is 612 g/mol. The predicted molar refractivity (Wildman–Crippen MR) is 151 cm³/mol. The number of aliphatic hydroxyl groups is 1. The first-order valence-electron chi connectivity index (χ1n) is 14.7. The van der Waals surface area contributed by atoms with E-state index in [0.717, 1.165) is 34.6 Å². The van der Waals surface area contributed by atoms with Gasteiger partial charge in [-0.1, -0.05) is 13.0 Å². The van der Waals surface area contributed by atoms with Gasteiger partial charge in [-0.25, -0.2) is 0 Å². The second-order valence-corrected chi connectivity index (χ2v) is 12.3. The van der Waals surface area contributed by atoms with Crippen molar-refractivity contribution in [2.45, 2.75) is 96.3 Å². The van der Waals surface area contributed by atoms with Gasteiger partial charge in [0, 0.05) is 47.6 Å². The van der Waals surface area contributed by atoms with Gasteiger partial charge in [0.15, 0.2) is 30.0 Å². The van der Waals surface area contributed by atoms with Crippen molar-refractivity contribution in [3.8, 4) is 0 Å². The first-order valence-corrected chi connectivity index (χ1v) is 14.7. The summed E-state index contributed by atoms with van der Waals surface area (Å²) in [5, 5.41) is 12.7. The maximum Gasteiger partial charge on any atom is 0.312 e. The number of ether oxygens (including phenoxy) is 8. The van der Waals surface area contributed by atoms with Crippen LogP contribution in [0.5, 0.6) is 0 Å². The fraction of sp³-hybridized carbons (Fsp3) is 0.677. The number of carbonyl (C=O) groups is 6. The molecule has 0 radical (unpaired) electrons. The Bertz CT molecular complexity index is 1350. The van der Waals surface area contributed by atoms with Crippen LogP contribution in [0.4, 0.5) is 0 Å². The average Bonchev–Trinajstić information content (AvgIpc) is 3.69. The molecule has 0 unspecified atom stereocenters. The topological polar surface area (TPSA) is 200 Å². The van der Waals surface area contributed by atoms with E-state index in [1.807, 2.05) is 0 Å². The van der Waals surface area contributed by atoms with Crippen molar-refractivity contribution in [1.82, 2.24) is 0 Å². The van der Waals surface area contributed by atoms with Gasteiger partial charge < -0.3 is 43.0 Å². The molecule has 15 nitrogen and oxygen atoms in total. The minimum atomic E-state index is -2.33. The lowest BCUT2D eigenvalue weighted by molar-refractivity contribution is -0.279. The van der Waals surface area contributed by atoms with Gasteiger partial charge in [-0.05, 0) is 24.6 Å². The fourth-order valence-corrected chi connectivity index (χ4v) is 7.27. The van der Waals surface area contributed by atoms with E-state index in [9.17, 15) is 33.9 Å². The standard InChI is InChI=1S/C31H40O15/c1-14-28(37)46-22-11-20(12-39-8)9-10-21(41-15(2)32)29(7)24(27(31(14,22)38)45-19(6)36)30(13-40-30)26(44-18(5)35)23(42-16(3)33)25(29)43-17(4)34/h9-11,14,21-27,38H,12-13H2,1-8H3/t14-,21-,22-,23+,24-,25-,26+,27-,29+,30-,31+/m0/s1.